The second kappa shape index (κ2) is 13.1. The third-order valence-corrected chi connectivity index (χ3v) is 4.57. The largest absolute Gasteiger partial charge is 0.357 e. The number of nitrogens with zero attached hydrogens (tertiary/aromatic N) is 2. The van der Waals surface area contributed by atoms with E-state index in [9.17, 15) is 8.42 Å². The Balaban J connectivity index is 0. The van der Waals surface area contributed by atoms with Crippen molar-refractivity contribution in [2.24, 2.45) is 4.99 Å². The van der Waals surface area contributed by atoms with Crippen LogP contribution in [0, 0.1) is 0 Å². The molecule has 0 atom stereocenters. The average Bonchev–Trinajstić information content (AvgIpc) is 2.40. The van der Waals surface area contributed by atoms with Crippen molar-refractivity contribution >= 4 is 40.0 Å². The van der Waals surface area contributed by atoms with Crippen LogP contribution in [-0.2, 0) is 10.0 Å². The fourth-order valence-electron chi connectivity index (χ4n) is 2.73. The molecule has 0 amide bonds. The third-order valence-electron chi connectivity index (χ3n) is 3.65. The summed E-state index contributed by atoms with van der Waals surface area (Å²) in [6.07, 6.45) is 2.18. The zero-order chi connectivity index (χ0) is 19.7. The molecule has 7 nitrogen and oxygen atoms in total. The minimum absolute atomic E-state index is 0. The lowest BCUT2D eigenvalue weighted by atomic mass is 10.1. The summed E-state index contributed by atoms with van der Waals surface area (Å²) in [4.78, 5) is 6.97. The van der Waals surface area contributed by atoms with Crippen LogP contribution in [0.4, 0.5) is 0 Å². The van der Waals surface area contributed by atoms with Crippen molar-refractivity contribution in [2.45, 2.75) is 72.5 Å². The molecule has 26 heavy (non-hydrogen) atoms. The maximum atomic E-state index is 11.4. The van der Waals surface area contributed by atoms with Crippen LogP contribution in [0.15, 0.2) is 4.99 Å². The zero-order valence-corrected chi connectivity index (χ0v) is 20.9. The van der Waals surface area contributed by atoms with E-state index in [2.05, 4.69) is 52.9 Å². The quantitative estimate of drug-likeness (QED) is 0.173. The maximum Gasteiger partial charge on any atom is 0.209 e. The summed E-state index contributed by atoms with van der Waals surface area (Å²) in [5.74, 6) is 0.714. The fourth-order valence-corrected chi connectivity index (χ4v) is 3.80. The predicted octanol–water partition coefficient (Wildman–Crippen LogP) is 2.00. The first-order chi connectivity index (χ1) is 11.4. The number of hydrogen-bond donors (Lipinski definition) is 3. The number of sulfonamides is 1. The van der Waals surface area contributed by atoms with Crippen molar-refractivity contribution < 1.29 is 8.42 Å². The van der Waals surface area contributed by atoms with Crippen LogP contribution in [0.2, 0.25) is 0 Å². The number of guanidine groups is 1. The lowest BCUT2D eigenvalue weighted by molar-refractivity contribution is 0.173. The molecule has 9 heteroatoms. The van der Waals surface area contributed by atoms with Gasteiger partial charge in [0, 0.05) is 37.3 Å². The van der Waals surface area contributed by atoms with Gasteiger partial charge in [0.05, 0.1) is 12.8 Å². The van der Waals surface area contributed by atoms with Gasteiger partial charge in [0.25, 0.3) is 0 Å². The molecule has 0 aromatic carbocycles. The molecule has 0 spiro atoms. The first kappa shape index (κ1) is 28.1. The number of nitrogens with one attached hydrogen (secondary N) is 3. The predicted molar refractivity (Wildman–Crippen MR) is 123 cm³/mol. The maximum absolute atomic E-state index is 11.4. The van der Waals surface area contributed by atoms with E-state index in [1.54, 1.807) is 0 Å². The van der Waals surface area contributed by atoms with Crippen molar-refractivity contribution in [3.05, 3.63) is 0 Å². The van der Waals surface area contributed by atoms with Crippen molar-refractivity contribution in [1.82, 2.24) is 20.3 Å². The second-order valence-corrected chi connectivity index (χ2v) is 9.41. The van der Waals surface area contributed by atoms with E-state index in [0.29, 0.717) is 24.6 Å². The van der Waals surface area contributed by atoms with Crippen LogP contribution in [0.25, 0.3) is 0 Å². The van der Waals surface area contributed by atoms with E-state index >= 15 is 0 Å². The van der Waals surface area contributed by atoms with E-state index in [-0.39, 0.29) is 24.0 Å². The average molecular weight is 506 g/mol. The second-order valence-electron chi connectivity index (χ2n) is 7.66. The molecule has 0 aliphatic carbocycles. The number of rotatable bonds is 11. The molecule has 0 heterocycles. The lowest BCUT2D eigenvalue weighted by Crippen LogP contribution is -2.47. The van der Waals surface area contributed by atoms with Crippen molar-refractivity contribution in [1.29, 1.82) is 0 Å². The molecule has 0 aliphatic rings. The van der Waals surface area contributed by atoms with Crippen LogP contribution < -0.4 is 15.4 Å². The van der Waals surface area contributed by atoms with Crippen LogP contribution in [0.3, 0.4) is 0 Å². The van der Waals surface area contributed by atoms with Crippen molar-refractivity contribution in [3.8, 4) is 0 Å². The molecule has 0 unspecified atom stereocenters. The molecule has 0 saturated heterocycles. The highest BCUT2D eigenvalue weighted by Crippen LogP contribution is 2.06. The van der Waals surface area contributed by atoms with Gasteiger partial charge in [-0.25, -0.2) is 13.1 Å². The normalized spacial score (nSPS) is 13.3. The molecule has 158 valence electrons. The molecular weight excluding hydrogens is 465 g/mol. The Morgan fingerprint density at radius 3 is 2.08 bits per heavy atom. The highest BCUT2D eigenvalue weighted by atomic mass is 127. The Labute approximate surface area is 178 Å². The van der Waals surface area contributed by atoms with Crippen LogP contribution >= 0.6 is 24.0 Å². The number of hydrogen-bond acceptors (Lipinski definition) is 4. The minimum atomic E-state index is -3.25. The molecule has 0 aliphatic heterocycles. The molecule has 0 fully saturated rings. The Morgan fingerprint density at radius 2 is 1.65 bits per heavy atom. The smallest absolute Gasteiger partial charge is 0.209 e. The Bertz CT molecular complexity index is 499. The Kier molecular flexibility index (Phi) is 14.2. The number of halogens is 1. The molecule has 0 aromatic heterocycles. The van der Waals surface area contributed by atoms with Crippen LogP contribution in [0.5, 0.6) is 0 Å². The van der Waals surface area contributed by atoms with E-state index in [4.69, 9.17) is 0 Å². The highest BCUT2D eigenvalue weighted by molar-refractivity contribution is 14.0. The molecule has 0 bridgehead atoms. The van der Waals surface area contributed by atoms with Gasteiger partial charge < -0.3 is 10.6 Å². The third kappa shape index (κ3) is 14.0. The van der Waals surface area contributed by atoms with Gasteiger partial charge in [-0.05, 0) is 54.9 Å². The van der Waals surface area contributed by atoms with Gasteiger partial charge in [-0.1, -0.05) is 0 Å². The summed E-state index contributed by atoms with van der Waals surface area (Å²) in [6.45, 7) is 17.5. The molecule has 3 N–H and O–H groups in total. The lowest BCUT2D eigenvalue weighted by Gasteiger charge is -2.30. The van der Waals surface area contributed by atoms with Crippen molar-refractivity contribution in [2.75, 3.05) is 32.4 Å². The SMILES string of the molecule is CCNC(=NCC(C)(C)NS(C)(=O)=O)NCCCN(C(C)C)C(C)C.I. The van der Waals surface area contributed by atoms with Gasteiger partial charge in [-0.2, -0.15) is 0 Å². The topological polar surface area (TPSA) is 85.8 Å². The summed E-state index contributed by atoms with van der Waals surface area (Å²) >= 11 is 0. The summed E-state index contributed by atoms with van der Waals surface area (Å²) in [5, 5.41) is 6.52. The van der Waals surface area contributed by atoms with Crippen LogP contribution in [-0.4, -0.2) is 69.3 Å². The van der Waals surface area contributed by atoms with E-state index in [0.717, 1.165) is 32.3 Å². The molecular formula is C17H40IN5O2S. The summed E-state index contributed by atoms with van der Waals surface area (Å²) < 4.78 is 25.4. The van der Waals surface area contributed by atoms with Gasteiger partial charge in [-0.15, -0.1) is 24.0 Å². The summed E-state index contributed by atoms with van der Waals surface area (Å²) in [6, 6.07) is 1.06. The Morgan fingerprint density at radius 1 is 1.12 bits per heavy atom. The van der Waals surface area contributed by atoms with E-state index in [1.807, 2.05) is 20.8 Å². The fraction of sp³-hybridized carbons (Fsp3) is 0.941. The van der Waals surface area contributed by atoms with Gasteiger partial charge >= 0.3 is 0 Å². The summed E-state index contributed by atoms with van der Waals surface area (Å²) in [5.41, 5.74) is -0.623. The number of aliphatic imine (C=N–C) groups is 1. The molecule has 0 saturated carbocycles. The highest BCUT2D eigenvalue weighted by Gasteiger charge is 2.21. The van der Waals surface area contributed by atoms with Gasteiger partial charge in [0.15, 0.2) is 5.96 Å². The van der Waals surface area contributed by atoms with E-state index in [1.165, 1.54) is 0 Å². The Hall–Kier alpha value is -0.130. The summed E-state index contributed by atoms with van der Waals surface area (Å²) in [7, 11) is -3.25. The van der Waals surface area contributed by atoms with Gasteiger partial charge in [0.2, 0.25) is 10.0 Å². The minimum Gasteiger partial charge on any atom is -0.357 e. The first-order valence-electron chi connectivity index (χ1n) is 9.15. The molecule has 0 radical (unpaired) electrons. The van der Waals surface area contributed by atoms with Gasteiger partial charge in [-0.3, -0.25) is 9.89 Å². The monoisotopic (exact) mass is 505 g/mol. The van der Waals surface area contributed by atoms with Crippen LogP contribution in [0.1, 0.15) is 54.9 Å². The first-order valence-corrected chi connectivity index (χ1v) is 11.0. The van der Waals surface area contributed by atoms with E-state index < -0.39 is 15.6 Å². The van der Waals surface area contributed by atoms with Crippen molar-refractivity contribution in [3.63, 3.8) is 0 Å². The standard InChI is InChI=1S/C17H39N5O2S.HI/c1-9-18-16(20-13-17(6,7)21-25(8,23)24)19-11-10-12-22(14(2)3)15(4)5;/h14-15,21H,9-13H2,1-8H3,(H2,18,19,20);1H. The zero-order valence-electron chi connectivity index (χ0n) is 17.7. The molecule has 0 aromatic rings. The van der Waals surface area contributed by atoms with Gasteiger partial charge in [0.1, 0.15) is 0 Å². The molecule has 0 rings (SSSR count).